The Labute approximate surface area is 103 Å². The molecule has 0 aliphatic heterocycles. The van der Waals surface area contributed by atoms with Gasteiger partial charge < -0.3 is 18.9 Å². The zero-order valence-electron chi connectivity index (χ0n) is 11.3. The fraction of sp³-hybridized carbons (Fsp3) is 0.917. The van der Waals surface area contributed by atoms with Crippen LogP contribution in [-0.4, -0.2) is 53.2 Å². The number of carbonyl (C=O) groups excluding carboxylic acids is 1. The van der Waals surface area contributed by atoms with Crippen LogP contribution in [-0.2, 0) is 23.7 Å². The monoisotopic (exact) mass is 248 g/mol. The molecule has 0 atom stereocenters. The molecule has 5 nitrogen and oxygen atoms in total. The molecule has 0 heterocycles. The maximum Gasteiger partial charge on any atom is 0.313 e. The Morgan fingerprint density at radius 1 is 1.00 bits per heavy atom. The second-order valence-electron chi connectivity index (χ2n) is 4.39. The van der Waals surface area contributed by atoms with Gasteiger partial charge in [0.05, 0.1) is 32.3 Å². The van der Waals surface area contributed by atoms with Crippen LogP contribution in [0.1, 0.15) is 20.3 Å². The fourth-order valence-corrected chi connectivity index (χ4v) is 1.19. The van der Waals surface area contributed by atoms with Gasteiger partial charge in [0.25, 0.3) is 0 Å². The summed E-state index contributed by atoms with van der Waals surface area (Å²) in [6.45, 7) is 6.29. The van der Waals surface area contributed by atoms with Crippen LogP contribution in [0.4, 0.5) is 0 Å². The molecular weight excluding hydrogens is 224 g/mol. The van der Waals surface area contributed by atoms with E-state index in [0.717, 1.165) is 6.42 Å². The molecule has 0 saturated heterocycles. The van der Waals surface area contributed by atoms with Crippen molar-refractivity contribution in [1.82, 2.24) is 0 Å². The molecule has 0 amide bonds. The number of ether oxygens (including phenoxy) is 4. The molecular formula is C12H24O5. The standard InChI is InChI=1S/C12H24O5/c1-12(2,11(13)15-4)10-17-9-8-16-7-5-6-14-3/h5-10H2,1-4H3. The third-order valence-electron chi connectivity index (χ3n) is 2.21. The van der Waals surface area contributed by atoms with E-state index in [0.29, 0.717) is 33.0 Å². The lowest BCUT2D eigenvalue weighted by atomic mass is 9.95. The molecule has 0 aromatic carbocycles. The molecule has 0 radical (unpaired) electrons. The van der Waals surface area contributed by atoms with E-state index in [1.807, 2.05) is 0 Å². The Hall–Kier alpha value is -0.650. The molecule has 102 valence electrons. The predicted octanol–water partition coefficient (Wildman–Crippen LogP) is 1.26. The van der Waals surface area contributed by atoms with Crippen molar-refractivity contribution in [3.8, 4) is 0 Å². The largest absolute Gasteiger partial charge is 0.469 e. The van der Waals surface area contributed by atoms with Gasteiger partial charge in [-0.2, -0.15) is 0 Å². The van der Waals surface area contributed by atoms with Gasteiger partial charge in [0.1, 0.15) is 0 Å². The van der Waals surface area contributed by atoms with E-state index < -0.39 is 5.41 Å². The molecule has 0 aromatic heterocycles. The Balaban J connectivity index is 3.42. The van der Waals surface area contributed by atoms with Crippen molar-refractivity contribution in [2.45, 2.75) is 20.3 Å². The first-order chi connectivity index (χ1) is 8.04. The SMILES string of the molecule is COCCCOCCOCC(C)(C)C(=O)OC. The van der Waals surface area contributed by atoms with Crippen LogP contribution in [0, 0.1) is 5.41 Å². The highest BCUT2D eigenvalue weighted by molar-refractivity contribution is 5.75. The molecule has 0 N–H and O–H groups in total. The summed E-state index contributed by atoms with van der Waals surface area (Å²) in [7, 11) is 3.04. The smallest absolute Gasteiger partial charge is 0.313 e. The lowest BCUT2D eigenvalue weighted by molar-refractivity contribution is -0.154. The molecule has 0 aliphatic carbocycles. The highest BCUT2D eigenvalue weighted by Crippen LogP contribution is 2.16. The summed E-state index contributed by atoms with van der Waals surface area (Å²) in [6.07, 6.45) is 0.879. The summed E-state index contributed by atoms with van der Waals surface area (Å²) < 4.78 is 20.3. The minimum atomic E-state index is -0.606. The van der Waals surface area contributed by atoms with Crippen molar-refractivity contribution in [2.24, 2.45) is 5.41 Å². The van der Waals surface area contributed by atoms with Gasteiger partial charge in [-0.15, -0.1) is 0 Å². The molecule has 17 heavy (non-hydrogen) atoms. The van der Waals surface area contributed by atoms with E-state index in [9.17, 15) is 4.79 Å². The van der Waals surface area contributed by atoms with Crippen LogP contribution >= 0.6 is 0 Å². The van der Waals surface area contributed by atoms with Gasteiger partial charge in [-0.1, -0.05) is 0 Å². The maximum absolute atomic E-state index is 11.3. The van der Waals surface area contributed by atoms with Crippen LogP contribution in [0.3, 0.4) is 0 Å². The first-order valence-corrected chi connectivity index (χ1v) is 5.77. The molecule has 0 rings (SSSR count). The number of methoxy groups -OCH3 is 2. The van der Waals surface area contributed by atoms with E-state index in [2.05, 4.69) is 4.74 Å². The number of rotatable bonds is 10. The van der Waals surface area contributed by atoms with Crippen LogP contribution < -0.4 is 0 Å². The normalized spacial score (nSPS) is 11.5. The third-order valence-corrected chi connectivity index (χ3v) is 2.21. The summed E-state index contributed by atoms with van der Waals surface area (Å²) in [6, 6.07) is 0. The van der Waals surface area contributed by atoms with Crippen molar-refractivity contribution >= 4 is 5.97 Å². The topological polar surface area (TPSA) is 54.0 Å². The van der Waals surface area contributed by atoms with E-state index in [-0.39, 0.29) is 5.97 Å². The second-order valence-corrected chi connectivity index (χ2v) is 4.39. The highest BCUT2D eigenvalue weighted by atomic mass is 16.5. The summed E-state index contributed by atoms with van der Waals surface area (Å²) >= 11 is 0. The Bertz CT molecular complexity index is 203. The number of carbonyl (C=O) groups is 1. The van der Waals surface area contributed by atoms with Crippen LogP contribution in [0.5, 0.6) is 0 Å². The molecule has 0 aromatic rings. The van der Waals surface area contributed by atoms with Crippen LogP contribution in [0.25, 0.3) is 0 Å². The van der Waals surface area contributed by atoms with Crippen LogP contribution in [0.2, 0.25) is 0 Å². The van der Waals surface area contributed by atoms with Gasteiger partial charge >= 0.3 is 5.97 Å². The van der Waals surface area contributed by atoms with Crippen molar-refractivity contribution in [2.75, 3.05) is 47.3 Å². The molecule has 0 aliphatic rings. The predicted molar refractivity (Wildman–Crippen MR) is 63.9 cm³/mol. The summed E-state index contributed by atoms with van der Waals surface area (Å²) in [4.78, 5) is 11.3. The van der Waals surface area contributed by atoms with E-state index >= 15 is 0 Å². The lowest BCUT2D eigenvalue weighted by Gasteiger charge is -2.21. The minimum absolute atomic E-state index is 0.265. The number of hydrogen-bond donors (Lipinski definition) is 0. The number of esters is 1. The van der Waals surface area contributed by atoms with Crippen molar-refractivity contribution in [3.05, 3.63) is 0 Å². The van der Waals surface area contributed by atoms with Crippen molar-refractivity contribution in [3.63, 3.8) is 0 Å². The molecule has 0 spiro atoms. The third kappa shape index (κ3) is 8.12. The van der Waals surface area contributed by atoms with Gasteiger partial charge in [-0.25, -0.2) is 0 Å². The zero-order valence-corrected chi connectivity index (χ0v) is 11.3. The molecule has 0 unspecified atom stereocenters. The average molecular weight is 248 g/mol. The average Bonchev–Trinajstić information content (AvgIpc) is 2.31. The summed E-state index contributed by atoms with van der Waals surface area (Å²) in [5.41, 5.74) is -0.606. The summed E-state index contributed by atoms with van der Waals surface area (Å²) in [5.74, 6) is -0.265. The minimum Gasteiger partial charge on any atom is -0.469 e. The molecule has 0 saturated carbocycles. The zero-order chi connectivity index (χ0) is 13.1. The van der Waals surface area contributed by atoms with Crippen molar-refractivity contribution in [1.29, 1.82) is 0 Å². The van der Waals surface area contributed by atoms with Crippen molar-refractivity contribution < 1.29 is 23.7 Å². The van der Waals surface area contributed by atoms with Gasteiger partial charge in [0, 0.05) is 20.3 Å². The van der Waals surface area contributed by atoms with Crippen LogP contribution in [0.15, 0.2) is 0 Å². The van der Waals surface area contributed by atoms with Gasteiger partial charge in [0.2, 0.25) is 0 Å². The fourth-order valence-electron chi connectivity index (χ4n) is 1.19. The van der Waals surface area contributed by atoms with E-state index in [1.54, 1.807) is 21.0 Å². The summed E-state index contributed by atoms with van der Waals surface area (Å²) in [5, 5.41) is 0. The van der Waals surface area contributed by atoms with E-state index in [1.165, 1.54) is 7.11 Å². The second kappa shape index (κ2) is 9.39. The molecule has 0 bridgehead atoms. The van der Waals surface area contributed by atoms with Gasteiger partial charge in [-0.3, -0.25) is 4.79 Å². The molecule has 5 heteroatoms. The van der Waals surface area contributed by atoms with Gasteiger partial charge in [-0.05, 0) is 20.3 Å². The number of hydrogen-bond acceptors (Lipinski definition) is 5. The Kier molecular flexibility index (Phi) is 9.03. The first-order valence-electron chi connectivity index (χ1n) is 5.77. The Morgan fingerprint density at radius 3 is 2.24 bits per heavy atom. The molecule has 0 fully saturated rings. The highest BCUT2D eigenvalue weighted by Gasteiger charge is 2.28. The van der Waals surface area contributed by atoms with E-state index in [4.69, 9.17) is 14.2 Å². The van der Waals surface area contributed by atoms with Gasteiger partial charge in [0.15, 0.2) is 0 Å². The maximum atomic E-state index is 11.3. The first kappa shape index (κ1) is 16.4. The lowest BCUT2D eigenvalue weighted by Crippen LogP contribution is -2.31. The Morgan fingerprint density at radius 2 is 1.65 bits per heavy atom. The quantitative estimate of drug-likeness (QED) is 0.430.